The van der Waals surface area contributed by atoms with Crippen LogP contribution in [0, 0.1) is 5.82 Å². The van der Waals surface area contributed by atoms with E-state index in [1.54, 1.807) is 18.3 Å². The van der Waals surface area contributed by atoms with Crippen LogP contribution in [0.1, 0.15) is 15.9 Å². The third-order valence-electron chi connectivity index (χ3n) is 4.43. The number of esters is 1. The summed E-state index contributed by atoms with van der Waals surface area (Å²) in [6.07, 6.45) is 5.35. The van der Waals surface area contributed by atoms with Crippen LogP contribution in [0.2, 0.25) is 0 Å². The highest BCUT2D eigenvalue weighted by atomic mass is 19.3. The average Bonchev–Trinajstić information content (AvgIpc) is 2.84. The molecule has 2 aromatic carbocycles. The number of anilines is 1. The van der Waals surface area contributed by atoms with Gasteiger partial charge in [0.05, 0.1) is 31.7 Å². The van der Waals surface area contributed by atoms with Crippen molar-refractivity contribution < 1.29 is 41.7 Å². The zero-order valence-electron chi connectivity index (χ0n) is 18.5. The minimum atomic E-state index is -3.17. The summed E-state index contributed by atoms with van der Waals surface area (Å²) in [6, 6.07) is 9.40. The van der Waals surface area contributed by atoms with Crippen LogP contribution >= 0.6 is 0 Å². The molecule has 35 heavy (non-hydrogen) atoms. The fourth-order valence-electron chi connectivity index (χ4n) is 2.87. The number of benzene rings is 2. The van der Waals surface area contributed by atoms with Crippen molar-refractivity contribution in [2.45, 2.75) is 6.61 Å². The second kappa shape index (κ2) is 11.5. The summed E-state index contributed by atoms with van der Waals surface area (Å²) < 4.78 is 59.3. The first-order valence-corrected chi connectivity index (χ1v) is 9.92. The molecule has 0 spiro atoms. The molecule has 11 heteroatoms. The molecule has 3 aromatic rings. The average molecular weight is 488 g/mol. The van der Waals surface area contributed by atoms with Crippen LogP contribution in [0.4, 0.5) is 18.9 Å². The third kappa shape index (κ3) is 6.73. The number of carbonyl (C=O) groups excluding carboxylic acids is 2. The second-order valence-electron chi connectivity index (χ2n) is 6.72. The zero-order chi connectivity index (χ0) is 25.4. The van der Waals surface area contributed by atoms with Crippen molar-refractivity contribution in [1.82, 2.24) is 4.98 Å². The molecule has 1 aromatic heterocycles. The Labute approximate surface area is 197 Å². The lowest BCUT2D eigenvalue weighted by Crippen LogP contribution is -2.14. The quantitative estimate of drug-likeness (QED) is 0.332. The monoisotopic (exact) mass is 488 g/mol. The molecule has 0 saturated carbocycles. The highest BCUT2D eigenvalue weighted by Crippen LogP contribution is 2.35. The van der Waals surface area contributed by atoms with Gasteiger partial charge in [-0.3, -0.25) is 9.78 Å². The normalized spacial score (nSPS) is 10.8. The fourth-order valence-corrected chi connectivity index (χ4v) is 2.87. The van der Waals surface area contributed by atoms with Crippen molar-refractivity contribution in [2.24, 2.45) is 0 Å². The Morgan fingerprint density at radius 2 is 1.86 bits per heavy atom. The van der Waals surface area contributed by atoms with Gasteiger partial charge in [-0.1, -0.05) is 6.07 Å². The first kappa shape index (κ1) is 25.1. The Bertz CT molecular complexity index is 1240. The van der Waals surface area contributed by atoms with E-state index < -0.39 is 30.1 Å². The molecule has 0 radical (unpaired) electrons. The maximum Gasteiger partial charge on any atom is 0.387 e. The van der Waals surface area contributed by atoms with E-state index in [1.807, 2.05) is 0 Å². The molecule has 0 unspecified atom stereocenters. The van der Waals surface area contributed by atoms with Crippen molar-refractivity contribution in [3.05, 3.63) is 77.9 Å². The van der Waals surface area contributed by atoms with Crippen molar-refractivity contribution in [1.29, 1.82) is 0 Å². The van der Waals surface area contributed by atoms with E-state index in [9.17, 15) is 22.8 Å². The predicted molar refractivity (Wildman–Crippen MR) is 119 cm³/mol. The lowest BCUT2D eigenvalue weighted by molar-refractivity contribution is -0.111. The van der Waals surface area contributed by atoms with E-state index in [-0.39, 0.29) is 22.7 Å². The summed E-state index contributed by atoms with van der Waals surface area (Å²) in [5, 5.41) is 2.39. The van der Waals surface area contributed by atoms with E-state index in [1.165, 1.54) is 31.5 Å². The molecule has 0 aliphatic heterocycles. The fraction of sp³-hybridized carbons (Fsp3) is 0.125. The molecule has 8 nitrogen and oxygen atoms in total. The third-order valence-corrected chi connectivity index (χ3v) is 4.43. The van der Waals surface area contributed by atoms with Gasteiger partial charge in [0.2, 0.25) is 5.91 Å². The molecule has 1 amide bonds. The Morgan fingerprint density at radius 1 is 1.06 bits per heavy atom. The number of hydrogen-bond donors (Lipinski definition) is 1. The van der Waals surface area contributed by atoms with Crippen LogP contribution in [0.25, 0.3) is 6.08 Å². The maximum absolute atomic E-state index is 14.4. The summed E-state index contributed by atoms with van der Waals surface area (Å²) >= 11 is 0. The Balaban J connectivity index is 1.78. The van der Waals surface area contributed by atoms with Gasteiger partial charge >= 0.3 is 12.6 Å². The number of rotatable bonds is 9. The van der Waals surface area contributed by atoms with Gasteiger partial charge in [0.15, 0.2) is 23.1 Å². The molecular formula is C24H19F3N2O6. The van der Waals surface area contributed by atoms with Gasteiger partial charge < -0.3 is 24.3 Å². The first-order valence-electron chi connectivity index (χ1n) is 9.92. The summed E-state index contributed by atoms with van der Waals surface area (Å²) in [5.74, 6) is -2.51. The second-order valence-corrected chi connectivity index (χ2v) is 6.72. The molecule has 0 aliphatic rings. The van der Waals surface area contributed by atoms with E-state index in [4.69, 9.17) is 9.47 Å². The molecular weight excluding hydrogens is 469 g/mol. The molecule has 1 heterocycles. The van der Waals surface area contributed by atoms with Crippen molar-refractivity contribution in [3.8, 4) is 23.0 Å². The van der Waals surface area contributed by atoms with Gasteiger partial charge in [0.1, 0.15) is 5.75 Å². The number of nitrogens with zero attached hydrogens (tertiary/aromatic N) is 1. The molecule has 182 valence electrons. The lowest BCUT2D eigenvalue weighted by atomic mass is 10.1. The number of aromatic nitrogens is 1. The minimum Gasteiger partial charge on any atom is -0.493 e. The summed E-state index contributed by atoms with van der Waals surface area (Å²) in [7, 11) is 2.31. The van der Waals surface area contributed by atoms with Crippen LogP contribution in [0.15, 0.2) is 60.9 Å². The van der Waals surface area contributed by atoms with Gasteiger partial charge in [0.25, 0.3) is 0 Å². The Morgan fingerprint density at radius 3 is 2.49 bits per heavy atom. The number of pyridine rings is 1. The highest BCUT2D eigenvalue weighted by Gasteiger charge is 2.20. The van der Waals surface area contributed by atoms with Crippen LogP contribution in [0.5, 0.6) is 23.0 Å². The zero-order valence-corrected chi connectivity index (χ0v) is 18.5. The largest absolute Gasteiger partial charge is 0.493 e. The van der Waals surface area contributed by atoms with Crippen LogP contribution in [0.3, 0.4) is 0 Å². The molecule has 3 rings (SSSR count). The summed E-state index contributed by atoms with van der Waals surface area (Å²) in [5.41, 5.74) is 0.0193. The number of nitrogens with one attached hydrogen (secondary N) is 1. The van der Waals surface area contributed by atoms with E-state index in [0.717, 1.165) is 31.4 Å². The van der Waals surface area contributed by atoms with Gasteiger partial charge in [0, 0.05) is 24.4 Å². The lowest BCUT2D eigenvalue weighted by Gasteiger charge is -2.15. The smallest absolute Gasteiger partial charge is 0.387 e. The number of carbonyl (C=O) groups is 2. The van der Waals surface area contributed by atoms with E-state index in [0.29, 0.717) is 11.3 Å². The Kier molecular flexibility index (Phi) is 8.28. The van der Waals surface area contributed by atoms with Crippen molar-refractivity contribution >= 4 is 23.6 Å². The van der Waals surface area contributed by atoms with E-state index in [2.05, 4.69) is 19.8 Å². The molecule has 0 atom stereocenters. The van der Waals surface area contributed by atoms with Gasteiger partial charge in [-0.05, 0) is 35.9 Å². The molecule has 0 fully saturated rings. The number of ether oxygens (including phenoxy) is 4. The molecule has 0 aliphatic carbocycles. The van der Waals surface area contributed by atoms with Gasteiger partial charge in [-0.25, -0.2) is 9.18 Å². The predicted octanol–water partition coefficient (Wildman–Crippen LogP) is 5.06. The van der Waals surface area contributed by atoms with Gasteiger partial charge in [-0.2, -0.15) is 8.78 Å². The molecule has 0 saturated heterocycles. The number of alkyl halides is 2. The van der Waals surface area contributed by atoms with Crippen LogP contribution in [-0.2, 0) is 9.53 Å². The van der Waals surface area contributed by atoms with E-state index >= 15 is 0 Å². The number of halogens is 3. The van der Waals surface area contributed by atoms with Crippen molar-refractivity contribution in [2.75, 3.05) is 19.5 Å². The number of methoxy groups -OCH3 is 2. The van der Waals surface area contributed by atoms with Crippen LogP contribution < -0.4 is 19.5 Å². The summed E-state index contributed by atoms with van der Waals surface area (Å²) in [6.45, 7) is -3.17. The standard InChI is InChI=1S/C24H19F3N2O6/c1-32-20-11-16(23(31)33-2)18(12-21(20)35-24(26)27)29-22(30)8-6-14-5-7-19(17(25)10-14)34-15-4-3-9-28-13-15/h3-13,24H,1-2H3,(H,29,30)/b8-6+. The SMILES string of the molecule is COC(=O)c1cc(OC)c(OC(F)F)cc1NC(=O)/C=C/c1ccc(Oc2cccnc2)c(F)c1. The summed E-state index contributed by atoms with van der Waals surface area (Å²) in [4.78, 5) is 28.4. The van der Waals surface area contributed by atoms with Crippen LogP contribution in [-0.4, -0.2) is 37.7 Å². The minimum absolute atomic E-state index is 0.0351. The number of hydrogen-bond acceptors (Lipinski definition) is 7. The maximum atomic E-state index is 14.4. The molecule has 1 N–H and O–H groups in total. The van der Waals surface area contributed by atoms with Gasteiger partial charge in [-0.15, -0.1) is 0 Å². The first-order chi connectivity index (χ1) is 16.8. The topological polar surface area (TPSA) is 96.0 Å². The molecule has 0 bridgehead atoms. The Hall–Kier alpha value is -4.54. The van der Waals surface area contributed by atoms with Crippen molar-refractivity contribution in [3.63, 3.8) is 0 Å². The number of amides is 1. The highest BCUT2D eigenvalue weighted by molar-refractivity contribution is 6.07.